The second-order valence-electron chi connectivity index (χ2n) is 7.73. The first-order chi connectivity index (χ1) is 11.8. The van der Waals surface area contributed by atoms with Crippen molar-refractivity contribution in [3.63, 3.8) is 0 Å². The summed E-state index contributed by atoms with van der Waals surface area (Å²) in [5.74, 6) is -1.19. The number of nitrogens with zero attached hydrogens (tertiary/aromatic N) is 1. The summed E-state index contributed by atoms with van der Waals surface area (Å²) in [5.41, 5.74) is -0.870. The molecule has 0 fully saturated rings. The number of hydrogen-bond donors (Lipinski definition) is 0. The highest BCUT2D eigenvalue weighted by molar-refractivity contribution is 5.90. The summed E-state index contributed by atoms with van der Waals surface area (Å²) >= 11 is 0. The standard InChI is InChI=1S/C18H27NO7/c1-17(2,3)25-14(20)9-19(16(22)26-18(4,5)6)8-12-10-24-11-13(12)15(21)23-7/h10-11H,8-9H2,1-7H3. The predicted octanol–water partition coefficient (Wildman–Crippen LogP) is 3.15. The minimum atomic E-state index is -0.745. The average molecular weight is 369 g/mol. The fourth-order valence-corrected chi connectivity index (χ4v) is 1.98. The highest BCUT2D eigenvalue weighted by atomic mass is 16.6. The molecule has 1 amide bonds. The van der Waals surface area contributed by atoms with E-state index in [2.05, 4.69) is 4.74 Å². The molecule has 1 aromatic rings. The molecule has 0 N–H and O–H groups in total. The van der Waals surface area contributed by atoms with E-state index in [1.165, 1.54) is 19.6 Å². The molecule has 1 aromatic heterocycles. The van der Waals surface area contributed by atoms with Crippen molar-refractivity contribution in [2.75, 3.05) is 13.7 Å². The van der Waals surface area contributed by atoms with E-state index in [4.69, 9.17) is 13.9 Å². The van der Waals surface area contributed by atoms with Crippen molar-refractivity contribution < 1.29 is 33.0 Å². The Kier molecular flexibility index (Phi) is 6.83. The zero-order valence-electron chi connectivity index (χ0n) is 16.4. The molecule has 8 nitrogen and oxygen atoms in total. The number of carbonyl (C=O) groups is 3. The zero-order valence-corrected chi connectivity index (χ0v) is 16.4. The summed E-state index contributed by atoms with van der Waals surface area (Å²) in [6.45, 7) is 9.93. The Hall–Kier alpha value is -2.51. The molecule has 0 aliphatic heterocycles. The van der Waals surface area contributed by atoms with Crippen molar-refractivity contribution in [3.8, 4) is 0 Å². The molecule has 0 atom stereocenters. The number of ether oxygens (including phenoxy) is 3. The summed E-state index contributed by atoms with van der Waals surface area (Å²) in [6, 6.07) is 0. The molecule has 0 bridgehead atoms. The molecule has 0 saturated heterocycles. The second-order valence-corrected chi connectivity index (χ2v) is 7.73. The number of amides is 1. The smallest absolute Gasteiger partial charge is 0.411 e. The Morgan fingerprint density at radius 2 is 1.58 bits per heavy atom. The van der Waals surface area contributed by atoms with Gasteiger partial charge in [-0.3, -0.25) is 9.69 Å². The number of carbonyl (C=O) groups excluding carboxylic acids is 3. The van der Waals surface area contributed by atoms with Gasteiger partial charge in [-0.1, -0.05) is 0 Å². The Balaban J connectivity index is 3.01. The lowest BCUT2D eigenvalue weighted by atomic mass is 10.2. The highest BCUT2D eigenvalue weighted by Gasteiger charge is 2.28. The Bertz CT molecular complexity index is 649. The monoisotopic (exact) mass is 369 g/mol. The largest absolute Gasteiger partial charge is 0.471 e. The SMILES string of the molecule is COC(=O)c1cocc1CN(CC(=O)OC(C)(C)C)C(=O)OC(C)(C)C. The first-order valence-electron chi connectivity index (χ1n) is 8.15. The van der Waals surface area contributed by atoms with Gasteiger partial charge < -0.3 is 18.6 Å². The molecule has 0 aromatic carbocycles. The van der Waals surface area contributed by atoms with E-state index in [1.807, 2.05) is 0 Å². The molecule has 0 radical (unpaired) electrons. The van der Waals surface area contributed by atoms with Crippen LogP contribution in [0.25, 0.3) is 0 Å². The van der Waals surface area contributed by atoms with Crippen molar-refractivity contribution in [1.29, 1.82) is 0 Å². The molecular formula is C18H27NO7. The molecular weight excluding hydrogens is 342 g/mol. The topological polar surface area (TPSA) is 95.3 Å². The highest BCUT2D eigenvalue weighted by Crippen LogP contribution is 2.18. The summed E-state index contributed by atoms with van der Waals surface area (Å²) in [7, 11) is 1.24. The van der Waals surface area contributed by atoms with Crippen LogP contribution in [0.2, 0.25) is 0 Å². The van der Waals surface area contributed by atoms with Gasteiger partial charge in [0.1, 0.15) is 29.6 Å². The normalized spacial score (nSPS) is 11.7. The van der Waals surface area contributed by atoms with Crippen LogP contribution < -0.4 is 0 Å². The van der Waals surface area contributed by atoms with Gasteiger partial charge in [0.05, 0.1) is 19.9 Å². The van der Waals surface area contributed by atoms with Crippen LogP contribution in [0.1, 0.15) is 57.5 Å². The minimum Gasteiger partial charge on any atom is -0.471 e. The molecule has 0 aliphatic rings. The molecule has 26 heavy (non-hydrogen) atoms. The van der Waals surface area contributed by atoms with Crippen molar-refractivity contribution in [2.24, 2.45) is 0 Å². The van der Waals surface area contributed by atoms with Gasteiger partial charge in [-0.15, -0.1) is 0 Å². The third kappa shape index (κ3) is 7.16. The van der Waals surface area contributed by atoms with Crippen molar-refractivity contribution in [1.82, 2.24) is 4.90 Å². The summed E-state index contributed by atoms with van der Waals surface area (Å²) in [6.07, 6.45) is 1.83. The number of hydrogen-bond acceptors (Lipinski definition) is 7. The van der Waals surface area contributed by atoms with Crippen LogP contribution in [-0.4, -0.2) is 47.8 Å². The average Bonchev–Trinajstić information content (AvgIpc) is 2.90. The fraction of sp³-hybridized carbons (Fsp3) is 0.611. The second kappa shape index (κ2) is 8.25. The Morgan fingerprint density at radius 1 is 1.00 bits per heavy atom. The van der Waals surface area contributed by atoms with E-state index < -0.39 is 29.2 Å². The number of rotatable bonds is 5. The van der Waals surface area contributed by atoms with Gasteiger partial charge in [0.15, 0.2) is 0 Å². The lowest BCUT2D eigenvalue weighted by molar-refractivity contribution is -0.156. The van der Waals surface area contributed by atoms with Gasteiger partial charge in [0.25, 0.3) is 0 Å². The maximum Gasteiger partial charge on any atom is 0.411 e. The van der Waals surface area contributed by atoms with Crippen molar-refractivity contribution in [2.45, 2.75) is 59.3 Å². The van der Waals surface area contributed by atoms with Gasteiger partial charge in [-0.25, -0.2) is 9.59 Å². The Morgan fingerprint density at radius 3 is 2.08 bits per heavy atom. The quantitative estimate of drug-likeness (QED) is 0.581. The Labute approximate surface area is 153 Å². The molecule has 0 saturated carbocycles. The van der Waals surface area contributed by atoms with E-state index in [0.29, 0.717) is 5.56 Å². The lowest BCUT2D eigenvalue weighted by Crippen LogP contribution is -2.41. The molecule has 146 valence electrons. The third-order valence-corrected chi connectivity index (χ3v) is 2.90. The van der Waals surface area contributed by atoms with E-state index in [9.17, 15) is 14.4 Å². The maximum absolute atomic E-state index is 12.5. The summed E-state index contributed by atoms with van der Waals surface area (Å²) in [4.78, 5) is 37.6. The van der Waals surface area contributed by atoms with E-state index in [0.717, 1.165) is 4.90 Å². The van der Waals surface area contributed by atoms with Crippen molar-refractivity contribution >= 4 is 18.0 Å². The maximum atomic E-state index is 12.5. The molecule has 8 heteroatoms. The van der Waals surface area contributed by atoms with Gasteiger partial charge in [-0.05, 0) is 41.5 Å². The molecule has 0 aliphatic carbocycles. The number of furan rings is 1. The summed E-state index contributed by atoms with van der Waals surface area (Å²) in [5, 5.41) is 0. The van der Waals surface area contributed by atoms with Gasteiger partial charge >= 0.3 is 18.0 Å². The van der Waals surface area contributed by atoms with E-state index in [-0.39, 0.29) is 18.7 Å². The first kappa shape index (κ1) is 21.5. The van der Waals surface area contributed by atoms with E-state index >= 15 is 0 Å². The van der Waals surface area contributed by atoms with E-state index in [1.54, 1.807) is 41.5 Å². The van der Waals surface area contributed by atoms with Gasteiger partial charge in [-0.2, -0.15) is 0 Å². The van der Waals surface area contributed by atoms with Crippen LogP contribution in [0.3, 0.4) is 0 Å². The molecule has 0 unspecified atom stereocenters. The van der Waals surface area contributed by atoms with Crippen LogP contribution in [0.4, 0.5) is 4.79 Å². The first-order valence-corrected chi connectivity index (χ1v) is 8.15. The number of esters is 2. The summed E-state index contributed by atoms with van der Waals surface area (Å²) < 4.78 is 20.3. The van der Waals surface area contributed by atoms with Crippen LogP contribution in [0.15, 0.2) is 16.9 Å². The molecule has 1 rings (SSSR count). The van der Waals surface area contributed by atoms with Crippen LogP contribution in [0.5, 0.6) is 0 Å². The molecule has 0 spiro atoms. The van der Waals surface area contributed by atoms with Crippen LogP contribution >= 0.6 is 0 Å². The van der Waals surface area contributed by atoms with Crippen LogP contribution in [0, 0.1) is 0 Å². The zero-order chi connectivity index (χ0) is 20.1. The minimum absolute atomic E-state index is 0.0743. The number of methoxy groups -OCH3 is 1. The van der Waals surface area contributed by atoms with Crippen LogP contribution in [-0.2, 0) is 25.5 Å². The third-order valence-electron chi connectivity index (χ3n) is 2.90. The van der Waals surface area contributed by atoms with Crippen molar-refractivity contribution in [3.05, 3.63) is 23.7 Å². The van der Waals surface area contributed by atoms with Gasteiger partial charge in [0, 0.05) is 5.56 Å². The fourth-order valence-electron chi connectivity index (χ4n) is 1.98. The predicted molar refractivity (Wildman–Crippen MR) is 92.5 cm³/mol. The lowest BCUT2D eigenvalue weighted by Gasteiger charge is -2.28. The van der Waals surface area contributed by atoms with Gasteiger partial charge in [0.2, 0.25) is 0 Å². The molecule has 1 heterocycles.